The summed E-state index contributed by atoms with van der Waals surface area (Å²) in [7, 11) is 2.91. The molecule has 2 heterocycles. The summed E-state index contributed by atoms with van der Waals surface area (Å²) < 4.78 is 10.7. The molecule has 196 valence electrons. The normalized spacial score (nSPS) is 19.1. The average molecular weight is 533 g/mol. The van der Waals surface area contributed by atoms with E-state index in [1.165, 1.54) is 37.7 Å². The lowest BCUT2D eigenvalue weighted by Gasteiger charge is -2.30. The molecule has 0 spiro atoms. The van der Waals surface area contributed by atoms with Crippen molar-refractivity contribution in [2.45, 2.75) is 25.3 Å². The summed E-state index contributed by atoms with van der Waals surface area (Å²) in [5.74, 6) is -1.26. The number of methoxy groups -OCH3 is 2. The van der Waals surface area contributed by atoms with E-state index in [1.54, 1.807) is 0 Å². The molecule has 38 heavy (non-hydrogen) atoms. The SMILES string of the molecule is COc1cc(OC)c(/C(O)=C2\C(=O)C(=O)N(c3ccc(N4CCCCC4)cc3)C2c2ccccc2)cc1Cl. The molecule has 2 fully saturated rings. The summed E-state index contributed by atoms with van der Waals surface area (Å²) in [5.41, 5.74) is 2.49. The predicted molar refractivity (Wildman–Crippen MR) is 148 cm³/mol. The van der Waals surface area contributed by atoms with E-state index in [2.05, 4.69) is 4.90 Å². The number of amides is 1. The number of ketones is 1. The number of aliphatic hydroxyl groups is 1. The van der Waals surface area contributed by atoms with E-state index in [9.17, 15) is 14.7 Å². The molecule has 2 aliphatic heterocycles. The third kappa shape index (κ3) is 4.58. The van der Waals surface area contributed by atoms with Crippen LogP contribution >= 0.6 is 11.6 Å². The Balaban J connectivity index is 1.63. The quantitative estimate of drug-likeness (QED) is 0.239. The van der Waals surface area contributed by atoms with Crippen LogP contribution in [0.15, 0.2) is 72.3 Å². The third-order valence-corrected chi connectivity index (χ3v) is 7.43. The van der Waals surface area contributed by atoms with Gasteiger partial charge in [-0.25, -0.2) is 0 Å². The van der Waals surface area contributed by atoms with Crippen molar-refractivity contribution in [1.29, 1.82) is 0 Å². The van der Waals surface area contributed by atoms with Gasteiger partial charge in [-0.1, -0.05) is 41.9 Å². The lowest BCUT2D eigenvalue weighted by atomic mass is 9.94. The highest BCUT2D eigenvalue weighted by Crippen LogP contribution is 2.45. The number of rotatable bonds is 6. The van der Waals surface area contributed by atoms with Gasteiger partial charge in [-0.05, 0) is 55.2 Å². The Kier molecular flexibility index (Phi) is 7.29. The second-order valence-corrected chi connectivity index (χ2v) is 9.74. The van der Waals surface area contributed by atoms with Crippen LogP contribution in [0.3, 0.4) is 0 Å². The molecular weight excluding hydrogens is 504 g/mol. The van der Waals surface area contributed by atoms with E-state index in [-0.39, 0.29) is 27.7 Å². The molecule has 7 nitrogen and oxygen atoms in total. The van der Waals surface area contributed by atoms with E-state index >= 15 is 0 Å². The molecule has 2 aliphatic rings. The number of benzene rings is 3. The maximum Gasteiger partial charge on any atom is 0.300 e. The van der Waals surface area contributed by atoms with Gasteiger partial charge in [0.2, 0.25) is 0 Å². The van der Waals surface area contributed by atoms with Crippen molar-refractivity contribution in [3.05, 3.63) is 88.5 Å². The number of aliphatic hydroxyl groups excluding tert-OH is 1. The molecule has 5 rings (SSSR count). The van der Waals surface area contributed by atoms with Crippen molar-refractivity contribution >= 4 is 40.4 Å². The number of nitrogens with zero attached hydrogens (tertiary/aromatic N) is 2. The van der Waals surface area contributed by atoms with Crippen LogP contribution in [0.1, 0.15) is 36.4 Å². The molecule has 8 heteroatoms. The lowest BCUT2D eigenvalue weighted by Crippen LogP contribution is -2.30. The first-order valence-corrected chi connectivity index (χ1v) is 12.9. The second kappa shape index (κ2) is 10.8. The van der Waals surface area contributed by atoms with Crippen molar-refractivity contribution in [2.75, 3.05) is 37.1 Å². The number of halogens is 1. The summed E-state index contributed by atoms with van der Waals surface area (Å²) in [6.07, 6.45) is 3.55. The van der Waals surface area contributed by atoms with Gasteiger partial charge in [-0.15, -0.1) is 0 Å². The van der Waals surface area contributed by atoms with Crippen LogP contribution in [0.25, 0.3) is 5.76 Å². The first kappa shape index (κ1) is 25.7. The monoisotopic (exact) mass is 532 g/mol. The number of ether oxygens (including phenoxy) is 2. The molecule has 3 aromatic rings. The minimum atomic E-state index is -0.845. The van der Waals surface area contributed by atoms with Crippen molar-refractivity contribution in [1.82, 2.24) is 0 Å². The first-order chi connectivity index (χ1) is 18.4. The van der Waals surface area contributed by atoms with E-state index < -0.39 is 17.7 Å². The number of hydrogen-bond donors (Lipinski definition) is 1. The zero-order valence-electron chi connectivity index (χ0n) is 21.3. The molecule has 0 aliphatic carbocycles. The van der Waals surface area contributed by atoms with Crippen LogP contribution in [0, 0.1) is 0 Å². The smallest absolute Gasteiger partial charge is 0.300 e. The van der Waals surface area contributed by atoms with Crippen LogP contribution in [-0.4, -0.2) is 44.1 Å². The summed E-state index contributed by atoms with van der Waals surface area (Å²) in [5, 5.41) is 11.7. The molecule has 0 radical (unpaired) electrons. The van der Waals surface area contributed by atoms with Gasteiger partial charge >= 0.3 is 0 Å². The third-order valence-electron chi connectivity index (χ3n) is 7.14. The molecule has 0 aromatic heterocycles. The first-order valence-electron chi connectivity index (χ1n) is 12.6. The zero-order chi connectivity index (χ0) is 26.8. The fourth-order valence-electron chi connectivity index (χ4n) is 5.22. The minimum Gasteiger partial charge on any atom is -0.507 e. The van der Waals surface area contributed by atoms with Gasteiger partial charge in [-0.2, -0.15) is 0 Å². The molecule has 2 saturated heterocycles. The number of carbonyl (C=O) groups excluding carboxylic acids is 2. The van der Waals surface area contributed by atoms with Crippen molar-refractivity contribution in [3.63, 3.8) is 0 Å². The van der Waals surface area contributed by atoms with E-state index in [1.807, 2.05) is 54.6 Å². The van der Waals surface area contributed by atoms with Crippen LogP contribution in [0.4, 0.5) is 11.4 Å². The van der Waals surface area contributed by atoms with Gasteiger partial charge in [0.1, 0.15) is 17.3 Å². The number of carbonyl (C=O) groups is 2. The Labute approximate surface area is 226 Å². The Bertz CT molecular complexity index is 1380. The van der Waals surface area contributed by atoms with E-state index in [0.29, 0.717) is 17.0 Å². The highest BCUT2D eigenvalue weighted by atomic mass is 35.5. The van der Waals surface area contributed by atoms with Gasteiger partial charge in [0.25, 0.3) is 11.7 Å². The van der Waals surface area contributed by atoms with Gasteiger partial charge < -0.3 is 19.5 Å². The standard InChI is InChI=1S/C30H29ClN2O5/c1-37-24-18-25(38-2)23(31)17-22(24)28(34)26-27(19-9-5-3-6-10-19)33(30(36)29(26)35)21-13-11-20(12-14-21)32-15-7-4-8-16-32/h3,5-6,9-14,17-18,27,34H,4,7-8,15-16H2,1-2H3/b28-26+. The van der Waals surface area contributed by atoms with Crippen LogP contribution in [0.5, 0.6) is 11.5 Å². The predicted octanol–water partition coefficient (Wildman–Crippen LogP) is 5.97. The average Bonchev–Trinajstić information content (AvgIpc) is 3.23. The largest absolute Gasteiger partial charge is 0.507 e. The van der Waals surface area contributed by atoms with Crippen molar-refractivity contribution < 1.29 is 24.2 Å². The molecular formula is C30H29ClN2O5. The van der Waals surface area contributed by atoms with Gasteiger partial charge in [0.05, 0.1) is 36.4 Å². The molecule has 1 atom stereocenters. The Morgan fingerprint density at radius 2 is 1.50 bits per heavy atom. The van der Waals surface area contributed by atoms with Crippen molar-refractivity contribution in [3.8, 4) is 11.5 Å². The number of hydrogen-bond acceptors (Lipinski definition) is 6. The second-order valence-electron chi connectivity index (χ2n) is 9.33. The maximum absolute atomic E-state index is 13.5. The molecule has 1 N–H and O–H groups in total. The zero-order valence-corrected chi connectivity index (χ0v) is 22.1. The Morgan fingerprint density at radius 3 is 2.13 bits per heavy atom. The fourth-order valence-corrected chi connectivity index (χ4v) is 5.46. The lowest BCUT2D eigenvalue weighted by molar-refractivity contribution is -0.132. The summed E-state index contributed by atoms with van der Waals surface area (Å²) in [6.45, 7) is 2.00. The maximum atomic E-state index is 13.5. The fraction of sp³-hybridized carbons (Fsp3) is 0.267. The van der Waals surface area contributed by atoms with Crippen LogP contribution in [-0.2, 0) is 9.59 Å². The number of Topliss-reactive ketones (excluding diaryl/α,β-unsaturated/α-hetero) is 1. The van der Waals surface area contributed by atoms with Crippen LogP contribution < -0.4 is 19.3 Å². The molecule has 3 aromatic carbocycles. The summed E-state index contributed by atoms with van der Waals surface area (Å²) >= 11 is 6.35. The molecule has 0 bridgehead atoms. The number of anilines is 2. The van der Waals surface area contributed by atoms with E-state index in [4.69, 9.17) is 21.1 Å². The summed E-state index contributed by atoms with van der Waals surface area (Å²) in [4.78, 5) is 30.8. The highest BCUT2D eigenvalue weighted by Gasteiger charge is 2.47. The summed E-state index contributed by atoms with van der Waals surface area (Å²) in [6, 6.07) is 19.0. The minimum absolute atomic E-state index is 0.0409. The Morgan fingerprint density at radius 1 is 0.868 bits per heavy atom. The van der Waals surface area contributed by atoms with Crippen molar-refractivity contribution in [2.24, 2.45) is 0 Å². The van der Waals surface area contributed by atoms with Gasteiger partial charge in [-0.3, -0.25) is 14.5 Å². The molecule has 1 unspecified atom stereocenters. The molecule has 0 saturated carbocycles. The topological polar surface area (TPSA) is 79.3 Å². The highest BCUT2D eigenvalue weighted by molar-refractivity contribution is 6.51. The van der Waals surface area contributed by atoms with Gasteiger partial charge in [0.15, 0.2) is 0 Å². The molecule has 1 amide bonds. The Hall–Kier alpha value is -3.97. The van der Waals surface area contributed by atoms with E-state index in [0.717, 1.165) is 31.6 Å². The van der Waals surface area contributed by atoms with Crippen LogP contribution in [0.2, 0.25) is 5.02 Å². The number of piperidine rings is 1. The van der Waals surface area contributed by atoms with Gasteiger partial charge in [0, 0.05) is 30.5 Å².